The van der Waals surface area contributed by atoms with Gasteiger partial charge in [0, 0.05) is 29.6 Å². The minimum absolute atomic E-state index is 0.0413. The summed E-state index contributed by atoms with van der Waals surface area (Å²) >= 11 is 0. The van der Waals surface area contributed by atoms with Crippen molar-refractivity contribution in [1.29, 1.82) is 0 Å². The van der Waals surface area contributed by atoms with E-state index in [1.54, 1.807) is 16.7 Å². The number of hydrogen-bond donors (Lipinski definition) is 1. The Labute approximate surface area is 124 Å². The molecular weight excluding hydrogens is 290 g/mol. The molecule has 2 aromatic rings. The second kappa shape index (κ2) is 5.14. The molecule has 8 nitrogen and oxygen atoms in total. The van der Waals surface area contributed by atoms with Crippen LogP contribution in [0, 0.1) is 10.1 Å². The van der Waals surface area contributed by atoms with Gasteiger partial charge in [-0.05, 0) is 12.1 Å². The zero-order valence-corrected chi connectivity index (χ0v) is 11.7. The fourth-order valence-electron chi connectivity index (χ4n) is 2.74. The molecule has 1 aliphatic rings. The van der Waals surface area contributed by atoms with Crippen LogP contribution in [0.2, 0.25) is 0 Å². The van der Waals surface area contributed by atoms with Crippen LogP contribution < -0.4 is 5.32 Å². The molecule has 1 unspecified atom stereocenters. The smallest absolute Gasteiger partial charge is 0.307 e. The average molecular weight is 303 g/mol. The average Bonchev–Trinajstić information content (AvgIpc) is 2.89. The molecular formula is C14H13N3O5. The van der Waals surface area contributed by atoms with Crippen molar-refractivity contribution < 1.29 is 19.2 Å². The highest BCUT2D eigenvalue weighted by Gasteiger charge is 2.29. The zero-order chi connectivity index (χ0) is 15.9. The van der Waals surface area contributed by atoms with Crippen LogP contribution in [0.25, 0.3) is 10.9 Å². The van der Waals surface area contributed by atoms with Gasteiger partial charge in [0.1, 0.15) is 5.69 Å². The van der Waals surface area contributed by atoms with Crippen LogP contribution in [0.3, 0.4) is 0 Å². The summed E-state index contributed by atoms with van der Waals surface area (Å²) in [6, 6.07) is 5.72. The number of nitrogens with one attached hydrogen (secondary N) is 1. The van der Waals surface area contributed by atoms with Crippen LogP contribution in [-0.2, 0) is 9.53 Å². The number of methoxy groups -OCH3 is 1. The van der Waals surface area contributed by atoms with Gasteiger partial charge in [0.25, 0.3) is 11.6 Å². The molecule has 3 rings (SSSR count). The molecule has 0 spiro atoms. The topological polar surface area (TPSA) is 103 Å². The molecule has 0 radical (unpaired) electrons. The molecule has 1 amide bonds. The predicted molar refractivity (Wildman–Crippen MR) is 76.6 cm³/mol. The lowest BCUT2D eigenvalue weighted by Gasteiger charge is -2.26. The maximum absolute atomic E-state index is 12.0. The summed E-state index contributed by atoms with van der Waals surface area (Å²) in [6.07, 6.45) is 0.116. The molecule has 0 bridgehead atoms. The van der Waals surface area contributed by atoms with Crippen LogP contribution in [-0.4, -0.2) is 35.0 Å². The standard InChI is InChI=1S/C14H13N3O5/c1-22-13(18)6-10-7-15-14(19)12-5-8-4-9(17(20)21)2-3-11(8)16(10)12/h2-5,10H,6-7H2,1H3,(H,15,19). The number of esters is 1. The van der Waals surface area contributed by atoms with Gasteiger partial charge in [0.2, 0.25) is 0 Å². The molecule has 1 aromatic carbocycles. The number of rotatable bonds is 3. The molecule has 8 heteroatoms. The van der Waals surface area contributed by atoms with Gasteiger partial charge in [-0.2, -0.15) is 0 Å². The number of carbonyl (C=O) groups is 2. The van der Waals surface area contributed by atoms with E-state index in [-0.39, 0.29) is 30.0 Å². The van der Waals surface area contributed by atoms with Gasteiger partial charge in [-0.25, -0.2) is 0 Å². The van der Waals surface area contributed by atoms with Gasteiger partial charge < -0.3 is 14.6 Å². The lowest BCUT2D eigenvalue weighted by atomic mass is 10.1. The van der Waals surface area contributed by atoms with Crippen LogP contribution in [0.5, 0.6) is 0 Å². The highest BCUT2D eigenvalue weighted by Crippen LogP contribution is 2.30. The summed E-state index contributed by atoms with van der Waals surface area (Å²) in [5.74, 6) is -0.643. The lowest BCUT2D eigenvalue weighted by molar-refractivity contribution is -0.384. The third-order valence-corrected chi connectivity index (χ3v) is 3.76. The SMILES string of the molecule is COC(=O)CC1CNC(=O)c2cc3cc([N+](=O)[O-])ccc3n21. The monoisotopic (exact) mass is 303 g/mol. The molecule has 0 aliphatic carbocycles. The molecule has 1 atom stereocenters. The van der Waals surface area contributed by atoms with E-state index < -0.39 is 4.92 Å². The van der Waals surface area contributed by atoms with Crippen molar-refractivity contribution in [2.24, 2.45) is 0 Å². The molecule has 1 N–H and O–H groups in total. The Morgan fingerprint density at radius 2 is 2.27 bits per heavy atom. The molecule has 1 aliphatic heterocycles. The number of amides is 1. The van der Waals surface area contributed by atoms with Crippen molar-refractivity contribution in [3.8, 4) is 0 Å². The van der Waals surface area contributed by atoms with Gasteiger partial charge >= 0.3 is 5.97 Å². The van der Waals surface area contributed by atoms with Crippen LogP contribution in [0.15, 0.2) is 24.3 Å². The Hall–Kier alpha value is -2.90. The summed E-state index contributed by atoms with van der Waals surface area (Å²) in [5, 5.41) is 14.2. The van der Waals surface area contributed by atoms with Crippen molar-refractivity contribution >= 4 is 28.5 Å². The Kier molecular flexibility index (Phi) is 3.28. The number of aromatic nitrogens is 1. The number of ether oxygens (including phenoxy) is 1. The fourth-order valence-corrected chi connectivity index (χ4v) is 2.74. The molecule has 0 saturated carbocycles. The first-order valence-electron chi connectivity index (χ1n) is 6.65. The number of carbonyl (C=O) groups excluding carboxylic acids is 2. The van der Waals surface area contributed by atoms with Crippen LogP contribution in [0.1, 0.15) is 23.0 Å². The van der Waals surface area contributed by atoms with E-state index in [0.29, 0.717) is 23.1 Å². The third kappa shape index (κ3) is 2.18. The summed E-state index contributed by atoms with van der Waals surface area (Å²) in [4.78, 5) is 33.9. The van der Waals surface area contributed by atoms with Crippen molar-refractivity contribution in [2.45, 2.75) is 12.5 Å². The first-order chi connectivity index (χ1) is 10.5. The molecule has 2 heterocycles. The number of fused-ring (bicyclic) bond motifs is 3. The third-order valence-electron chi connectivity index (χ3n) is 3.76. The molecule has 114 valence electrons. The maximum Gasteiger partial charge on any atom is 0.307 e. The van der Waals surface area contributed by atoms with Gasteiger partial charge in [-0.1, -0.05) is 0 Å². The molecule has 0 fully saturated rings. The normalized spacial score (nSPS) is 17.0. The summed E-state index contributed by atoms with van der Waals surface area (Å²) < 4.78 is 6.42. The van der Waals surface area contributed by atoms with E-state index in [9.17, 15) is 19.7 Å². The Balaban J connectivity index is 2.13. The largest absolute Gasteiger partial charge is 0.469 e. The number of hydrogen-bond acceptors (Lipinski definition) is 5. The second-order valence-electron chi connectivity index (χ2n) is 5.04. The van der Waals surface area contributed by atoms with E-state index in [0.717, 1.165) is 0 Å². The minimum atomic E-state index is -0.484. The molecule has 22 heavy (non-hydrogen) atoms. The number of nitro benzene ring substituents is 1. The van der Waals surface area contributed by atoms with E-state index in [4.69, 9.17) is 0 Å². The van der Waals surface area contributed by atoms with Gasteiger partial charge in [-0.3, -0.25) is 19.7 Å². The number of non-ortho nitro benzene ring substituents is 1. The Bertz CT molecular complexity index is 795. The van der Waals surface area contributed by atoms with Crippen LogP contribution in [0.4, 0.5) is 5.69 Å². The summed E-state index contributed by atoms with van der Waals surface area (Å²) in [7, 11) is 1.31. The summed E-state index contributed by atoms with van der Waals surface area (Å²) in [6.45, 7) is 0.307. The highest BCUT2D eigenvalue weighted by atomic mass is 16.6. The van der Waals surface area contributed by atoms with Crippen molar-refractivity contribution in [3.05, 3.63) is 40.1 Å². The zero-order valence-electron chi connectivity index (χ0n) is 11.7. The summed E-state index contributed by atoms with van der Waals surface area (Å²) in [5.41, 5.74) is 1.03. The predicted octanol–water partition coefficient (Wildman–Crippen LogP) is 1.40. The first kappa shape index (κ1) is 14.1. The van der Waals surface area contributed by atoms with Crippen molar-refractivity contribution in [2.75, 3.05) is 13.7 Å². The molecule has 1 aromatic heterocycles. The maximum atomic E-state index is 12.0. The molecule has 0 saturated heterocycles. The van der Waals surface area contributed by atoms with Gasteiger partial charge in [-0.15, -0.1) is 0 Å². The number of nitro groups is 1. The van der Waals surface area contributed by atoms with Crippen LogP contribution >= 0.6 is 0 Å². The quantitative estimate of drug-likeness (QED) is 0.524. The minimum Gasteiger partial charge on any atom is -0.469 e. The van der Waals surface area contributed by atoms with E-state index in [1.807, 2.05) is 0 Å². The van der Waals surface area contributed by atoms with Crippen molar-refractivity contribution in [3.63, 3.8) is 0 Å². The highest BCUT2D eigenvalue weighted by molar-refractivity contribution is 6.00. The Morgan fingerprint density at radius 3 is 2.95 bits per heavy atom. The van der Waals surface area contributed by atoms with Gasteiger partial charge in [0.05, 0.1) is 24.5 Å². The second-order valence-corrected chi connectivity index (χ2v) is 5.04. The lowest BCUT2D eigenvalue weighted by Crippen LogP contribution is -2.39. The Morgan fingerprint density at radius 1 is 1.50 bits per heavy atom. The van der Waals surface area contributed by atoms with Gasteiger partial charge in [0.15, 0.2) is 0 Å². The first-order valence-corrected chi connectivity index (χ1v) is 6.65. The van der Waals surface area contributed by atoms with E-state index in [2.05, 4.69) is 10.1 Å². The van der Waals surface area contributed by atoms with E-state index >= 15 is 0 Å². The van der Waals surface area contributed by atoms with E-state index in [1.165, 1.54) is 19.2 Å². The fraction of sp³-hybridized carbons (Fsp3) is 0.286. The number of benzene rings is 1. The van der Waals surface area contributed by atoms with Crippen molar-refractivity contribution in [1.82, 2.24) is 9.88 Å². The number of nitrogens with zero attached hydrogens (tertiary/aromatic N) is 2.